The van der Waals surface area contributed by atoms with E-state index in [1.165, 1.54) is 6.07 Å². The third kappa shape index (κ3) is 2.90. The molecule has 0 spiro atoms. The molecule has 0 saturated heterocycles. The molecule has 1 heterocycles. The molecule has 2 aromatic rings. The van der Waals surface area contributed by atoms with E-state index in [0.29, 0.717) is 5.76 Å². The van der Waals surface area contributed by atoms with Crippen LogP contribution in [0, 0.1) is 24.0 Å². The lowest BCUT2D eigenvalue weighted by atomic mass is 9.99. The van der Waals surface area contributed by atoms with Crippen molar-refractivity contribution in [2.75, 3.05) is 14.2 Å². The van der Waals surface area contributed by atoms with Crippen LogP contribution in [0.3, 0.4) is 0 Å². The number of nitro groups is 1. The monoisotopic (exact) mass is 290 g/mol. The third-order valence-electron chi connectivity index (χ3n) is 3.39. The molecular formula is C15H18N2O4. The number of hydrogen-bond acceptors (Lipinski definition) is 5. The Balaban J connectivity index is 2.43. The van der Waals surface area contributed by atoms with Crippen LogP contribution in [0.15, 0.2) is 28.7 Å². The Labute approximate surface area is 122 Å². The zero-order valence-corrected chi connectivity index (χ0v) is 12.5. The standard InChI is InChI=1S/C15H18N2O4/c1-9-7-11(8-10(2)15(9)20-4)14(16-3)12-5-6-13(21-12)17(18)19/h5-8,14,16H,1-4H3. The van der Waals surface area contributed by atoms with Crippen molar-refractivity contribution in [1.82, 2.24) is 5.32 Å². The lowest BCUT2D eigenvalue weighted by Crippen LogP contribution is -2.17. The van der Waals surface area contributed by atoms with E-state index in [4.69, 9.17) is 9.15 Å². The zero-order chi connectivity index (χ0) is 15.6. The molecule has 0 aliphatic heterocycles. The Morgan fingerprint density at radius 2 is 1.90 bits per heavy atom. The molecule has 6 heteroatoms. The molecule has 0 radical (unpaired) electrons. The highest BCUT2D eigenvalue weighted by Crippen LogP contribution is 2.31. The van der Waals surface area contributed by atoms with Crippen LogP contribution in [-0.4, -0.2) is 19.1 Å². The minimum Gasteiger partial charge on any atom is -0.496 e. The number of furan rings is 1. The Morgan fingerprint density at radius 1 is 1.29 bits per heavy atom. The van der Waals surface area contributed by atoms with E-state index >= 15 is 0 Å². The van der Waals surface area contributed by atoms with Crippen LogP contribution in [-0.2, 0) is 0 Å². The highest BCUT2D eigenvalue weighted by molar-refractivity contribution is 5.45. The van der Waals surface area contributed by atoms with E-state index in [2.05, 4.69) is 5.32 Å². The van der Waals surface area contributed by atoms with Gasteiger partial charge in [0.25, 0.3) is 0 Å². The summed E-state index contributed by atoms with van der Waals surface area (Å²) in [6.45, 7) is 3.93. The Kier molecular flexibility index (Phi) is 4.28. The fourth-order valence-electron chi connectivity index (χ4n) is 2.54. The molecule has 1 unspecified atom stereocenters. The van der Waals surface area contributed by atoms with Gasteiger partial charge in [-0.1, -0.05) is 12.1 Å². The van der Waals surface area contributed by atoms with Gasteiger partial charge in [-0.25, -0.2) is 0 Å². The largest absolute Gasteiger partial charge is 0.496 e. The topological polar surface area (TPSA) is 77.5 Å². The van der Waals surface area contributed by atoms with Crippen LogP contribution in [0.1, 0.15) is 28.5 Å². The second kappa shape index (κ2) is 5.97. The van der Waals surface area contributed by atoms with Crippen LogP contribution in [0.4, 0.5) is 5.88 Å². The van der Waals surface area contributed by atoms with Crippen molar-refractivity contribution in [1.29, 1.82) is 0 Å². The van der Waals surface area contributed by atoms with Crippen molar-refractivity contribution < 1.29 is 14.1 Å². The zero-order valence-electron chi connectivity index (χ0n) is 12.5. The first-order valence-electron chi connectivity index (χ1n) is 6.54. The first kappa shape index (κ1) is 15.1. The van der Waals surface area contributed by atoms with Gasteiger partial charge in [0, 0.05) is 0 Å². The minimum absolute atomic E-state index is 0.248. The molecule has 1 N–H and O–H groups in total. The molecule has 0 fully saturated rings. The molecule has 6 nitrogen and oxygen atoms in total. The molecule has 1 aromatic carbocycles. The molecule has 21 heavy (non-hydrogen) atoms. The summed E-state index contributed by atoms with van der Waals surface area (Å²) in [5.74, 6) is 1.10. The van der Waals surface area contributed by atoms with Crippen molar-refractivity contribution >= 4 is 5.88 Å². The number of methoxy groups -OCH3 is 1. The number of nitrogens with one attached hydrogen (secondary N) is 1. The second-order valence-corrected chi connectivity index (χ2v) is 4.84. The second-order valence-electron chi connectivity index (χ2n) is 4.84. The highest BCUT2D eigenvalue weighted by atomic mass is 16.6. The van der Waals surface area contributed by atoms with Gasteiger partial charge < -0.3 is 14.5 Å². The number of aryl methyl sites for hydroxylation is 2. The lowest BCUT2D eigenvalue weighted by Gasteiger charge is -2.17. The lowest BCUT2D eigenvalue weighted by molar-refractivity contribution is -0.402. The van der Waals surface area contributed by atoms with Crippen molar-refractivity contribution in [3.05, 3.63) is 56.8 Å². The van der Waals surface area contributed by atoms with Crippen molar-refractivity contribution in [2.45, 2.75) is 19.9 Å². The predicted octanol–water partition coefficient (Wildman–Crippen LogP) is 3.12. The molecule has 1 aromatic heterocycles. The summed E-state index contributed by atoms with van der Waals surface area (Å²) in [5, 5.41) is 13.8. The number of nitrogens with zero attached hydrogens (tertiary/aromatic N) is 1. The third-order valence-corrected chi connectivity index (χ3v) is 3.39. The minimum atomic E-state index is -0.541. The number of hydrogen-bond donors (Lipinski definition) is 1. The number of benzene rings is 1. The maximum atomic E-state index is 10.7. The van der Waals surface area contributed by atoms with Crippen LogP contribution < -0.4 is 10.1 Å². The first-order chi connectivity index (χ1) is 9.97. The van der Waals surface area contributed by atoms with Gasteiger partial charge in [0.15, 0.2) is 0 Å². The van der Waals surface area contributed by atoms with E-state index in [-0.39, 0.29) is 11.9 Å². The van der Waals surface area contributed by atoms with Gasteiger partial charge in [-0.15, -0.1) is 0 Å². The first-order valence-corrected chi connectivity index (χ1v) is 6.54. The predicted molar refractivity (Wildman–Crippen MR) is 78.7 cm³/mol. The van der Waals surface area contributed by atoms with Crippen molar-refractivity contribution in [3.8, 4) is 5.75 Å². The van der Waals surface area contributed by atoms with Gasteiger partial charge in [0.1, 0.15) is 16.4 Å². The quantitative estimate of drug-likeness (QED) is 0.676. The smallest absolute Gasteiger partial charge is 0.433 e. The summed E-state index contributed by atoms with van der Waals surface area (Å²) < 4.78 is 10.6. The van der Waals surface area contributed by atoms with Crippen molar-refractivity contribution in [3.63, 3.8) is 0 Å². The maximum Gasteiger partial charge on any atom is 0.433 e. The van der Waals surface area contributed by atoms with Gasteiger partial charge in [-0.2, -0.15) is 0 Å². The van der Waals surface area contributed by atoms with Crippen molar-refractivity contribution in [2.24, 2.45) is 0 Å². The van der Waals surface area contributed by atoms with Crippen LogP contribution in [0.25, 0.3) is 0 Å². The number of ether oxygens (including phenoxy) is 1. The molecule has 0 amide bonds. The van der Waals surface area contributed by atoms with E-state index in [9.17, 15) is 10.1 Å². The molecule has 1 atom stereocenters. The molecule has 0 aliphatic carbocycles. The van der Waals surface area contributed by atoms with Crippen LogP contribution in [0.2, 0.25) is 0 Å². The maximum absolute atomic E-state index is 10.7. The van der Waals surface area contributed by atoms with Gasteiger partial charge in [0.05, 0.1) is 19.2 Å². The van der Waals surface area contributed by atoms with Gasteiger partial charge in [-0.05, 0) is 43.7 Å². The van der Waals surface area contributed by atoms with E-state index < -0.39 is 4.92 Å². The molecular weight excluding hydrogens is 272 g/mol. The molecule has 0 bridgehead atoms. The Bertz CT molecular complexity index is 640. The highest BCUT2D eigenvalue weighted by Gasteiger charge is 2.21. The fraction of sp³-hybridized carbons (Fsp3) is 0.333. The van der Waals surface area contributed by atoms with Gasteiger partial charge in [0.2, 0.25) is 0 Å². The summed E-state index contributed by atoms with van der Waals surface area (Å²) in [6, 6.07) is 6.71. The summed E-state index contributed by atoms with van der Waals surface area (Å²) in [7, 11) is 3.42. The molecule has 112 valence electrons. The van der Waals surface area contributed by atoms with E-state index in [1.807, 2.05) is 26.0 Å². The van der Waals surface area contributed by atoms with E-state index in [0.717, 1.165) is 22.4 Å². The number of rotatable bonds is 5. The Morgan fingerprint density at radius 3 is 2.33 bits per heavy atom. The van der Waals surface area contributed by atoms with Crippen LogP contribution in [0.5, 0.6) is 5.75 Å². The summed E-state index contributed by atoms with van der Waals surface area (Å²) in [5.41, 5.74) is 2.99. The van der Waals surface area contributed by atoms with E-state index in [1.54, 1.807) is 20.2 Å². The Hall–Kier alpha value is -2.34. The van der Waals surface area contributed by atoms with Gasteiger partial charge in [-0.3, -0.25) is 10.1 Å². The summed E-state index contributed by atoms with van der Waals surface area (Å²) in [6.07, 6.45) is 0. The average molecular weight is 290 g/mol. The molecule has 0 aliphatic rings. The van der Waals surface area contributed by atoms with Crippen LogP contribution >= 0.6 is 0 Å². The SMILES string of the molecule is CNC(c1cc(C)c(OC)c(C)c1)c1ccc([N+](=O)[O-])o1. The van der Waals surface area contributed by atoms with Gasteiger partial charge >= 0.3 is 5.88 Å². The normalized spacial score (nSPS) is 12.2. The summed E-state index contributed by atoms with van der Waals surface area (Å²) in [4.78, 5) is 10.2. The summed E-state index contributed by atoms with van der Waals surface area (Å²) >= 11 is 0. The average Bonchev–Trinajstić information content (AvgIpc) is 2.89. The molecule has 2 rings (SSSR count). The fourth-order valence-corrected chi connectivity index (χ4v) is 2.54. The molecule has 0 saturated carbocycles.